The monoisotopic (exact) mass is 481 g/mol. The highest BCUT2D eigenvalue weighted by Gasteiger charge is 2.18. The van der Waals surface area contributed by atoms with Crippen LogP contribution in [0.5, 0.6) is 5.75 Å². The normalized spacial score (nSPS) is 15.4. The minimum atomic E-state index is -0.620. The van der Waals surface area contributed by atoms with Crippen LogP contribution in [0.15, 0.2) is 66.9 Å². The molecule has 2 heterocycles. The predicted molar refractivity (Wildman–Crippen MR) is 135 cm³/mol. The van der Waals surface area contributed by atoms with Crippen molar-refractivity contribution in [3.63, 3.8) is 0 Å². The van der Waals surface area contributed by atoms with Crippen molar-refractivity contribution in [1.29, 1.82) is 0 Å². The van der Waals surface area contributed by atoms with Crippen LogP contribution in [-0.4, -0.2) is 78.1 Å². The highest BCUT2D eigenvalue weighted by atomic mass is 19.1. The molecule has 1 atom stereocenters. The zero-order chi connectivity index (χ0) is 24.5. The van der Waals surface area contributed by atoms with Gasteiger partial charge >= 0.3 is 0 Å². The van der Waals surface area contributed by atoms with Crippen LogP contribution in [0.4, 0.5) is 4.39 Å². The molecule has 6 nitrogen and oxygen atoms in total. The SMILES string of the molecule is Cc1ccccc1OCC(O)CN(CCN1CCOCC1)Cc1cccn1Cc1cccc(F)c1. The van der Waals surface area contributed by atoms with Crippen LogP contribution in [0.25, 0.3) is 0 Å². The van der Waals surface area contributed by atoms with Crippen LogP contribution in [0.3, 0.4) is 0 Å². The Morgan fingerprint density at radius 2 is 1.91 bits per heavy atom. The Balaban J connectivity index is 1.39. The van der Waals surface area contributed by atoms with Crippen molar-refractivity contribution in [2.45, 2.75) is 26.1 Å². The molecular weight excluding hydrogens is 445 g/mol. The molecule has 0 aliphatic carbocycles. The summed E-state index contributed by atoms with van der Waals surface area (Å²) in [4.78, 5) is 4.68. The van der Waals surface area contributed by atoms with E-state index in [0.717, 1.165) is 62.0 Å². The molecule has 2 aromatic carbocycles. The maximum atomic E-state index is 13.7. The van der Waals surface area contributed by atoms with Gasteiger partial charge < -0.3 is 19.1 Å². The van der Waals surface area contributed by atoms with Gasteiger partial charge in [0.25, 0.3) is 0 Å². The Kier molecular flexibility index (Phi) is 9.31. The largest absolute Gasteiger partial charge is 0.491 e. The highest BCUT2D eigenvalue weighted by molar-refractivity contribution is 5.31. The number of benzene rings is 2. The van der Waals surface area contributed by atoms with E-state index in [2.05, 4.69) is 20.4 Å². The average Bonchev–Trinajstić information content (AvgIpc) is 3.29. The Hall–Kier alpha value is -2.71. The molecule has 35 heavy (non-hydrogen) atoms. The lowest BCUT2D eigenvalue weighted by Crippen LogP contribution is -2.43. The van der Waals surface area contributed by atoms with Crippen molar-refractivity contribution in [3.8, 4) is 5.75 Å². The van der Waals surface area contributed by atoms with E-state index in [0.29, 0.717) is 19.6 Å². The minimum Gasteiger partial charge on any atom is -0.491 e. The van der Waals surface area contributed by atoms with Crippen LogP contribution in [0.2, 0.25) is 0 Å². The summed E-state index contributed by atoms with van der Waals surface area (Å²) in [6.07, 6.45) is 1.41. The molecule has 0 saturated carbocycles. The summed E-state index contributed by atoms with van der Waals surface area (Å²) in [5.74, 6) is 0.579. The fraction of sp³-hybridized carbons (Fsp3) is 0.429. The number of morpholine rings is 1. The molecule has 0 spiro atoms. The summed E-state index contributed by atoms with van der Waals surface area (Å²) in [5.41, 5.74) is 3.11. The summed E-state index contributed by atoms with van der Waals surface area (Å²) in [6, 6.07) is 18.7. The fourth-order valence-electron chi connectivity index (χ4n) is 4.41. The smallest absolute Gasteiger partial charge is 0.123 e. The number of halogens is 1. The van der Waals surface area contributed by atoms with Gasteiger partial charge in [-0.05, 0) is 48.4 Å². The Bertz CT molecular complexity index is 1050. The van der Waals surface area contributed by atoms with Crippen molar-refractivity contribution in [3.05, 3.63) is 89.5 Å². The number of aliphatic hydroxyl groups is 1. The first-order valence-corrected chi connectivity index (χ1v) is 12.3. The summed E-state index contributed by atoms with van der Waals surface area (Å²) >= 11 is 0. The van der Waals surface area contributed by atoms with Crippen LogP contribution in [0, 0.1) is 12.7 Å². The van der Waals surface area contributed by atoms with Crippen LogP contribution in [0.1, 0.15) is 16.8 Å². The van der Waals surface area contributed by atoms with Gasteiger partial charge in [0.05, 0.1) is 13.2 Å². The van der Waals surface area contributed by atoms with Gasteiger partial charge in [-0.2, -0.15) is 0 Å². The molecule has 1 aliphatic heterocycles. The number of nitrogens with zero attached hydrogens (tertiary/aromatic N) is 3. The van der Waals surface area contributed by atoms with Gasteiger partial charge in [-0.3, -0.25) is 9.80 Å². The molecule has 1 N–H and O–H groups in total. The maximum absolute atomic E-state index is 13.7. The molecular formula is C28H36FN3O3. The van der Waals surface area contributed by atoms with Crippen LogP contribution < -0.4 is 4.74 Å². The van der Waals surface area contributed by atoms with Gasteiger partial charge in [-0.25, -0.2) is 4.39 Å². The third-order valence-corrected chi connectivity index (χ3v) is 6.38. The zero-order valence-corrected chi connectivity index (χ0v) is 20.5. The van der Waals surface area contributed by atoms with E-state index in [-0.39, 0.29) is 12.4 Å². The molecule has 1 unspecified atom stereocenters. The van der Waals surface area contributed by atoms with Gasteiger partial charge in [0.2, 0.25) is 0 Å². The average molecular weight is 482 g/mol. The number of para-hydroxylation sites is 1. The quantitative estimate of drug-likeness (QED) is 0.429. The molecule has 3 aromatic rings. The van der Waals surface area contributed by atoms with E-state index in [1.165, 1.54) is 6.07 Å². The van der Waals surface area contributed by atoms with Gasteiger partial charge in [0, 0.05) is 57.7 Å². The minimum absolute atomic E-state index is 0.222. The second-order valence-electron chi connectivity index (χ2n) is 9.18. The lowest BCUT2D eigenvalue weighted by molar-refractivity contribution is 0.0252. The topological polar surface area (TPSA) is 50.1 Å². The number of hydrogen-bond donors (Lipinski definition) is 1. The number of aryl methyl sites for hydroxylation is 1. The summed E-state index contributed by atoms with van der Waals surface area (Å²) < 4.78 is 27.2. The van der Waals surface area contributed by atoms with Crippen molar-refractivity contribution < 1.29 is 19.0 Å². The first kappa shape index (κ1) is 25.4. The third-order valence-electron chi connectivity index (χ3n) is 6.38. The maximum Gasteiger partial charge on any atom is 0.123 e. The first-order chi connectivity index (χ1) is 17.1. The molecule has 7 heteroatoms. The van der Waals surface area contributed by atoms with Gasteiger partial charge in [0.15, 0.2) is 0 Å². The van der Waals surface area contributed by atoms with Gasteiger partial charge in [-0.15, -0.1) is 0 Å². The second-order valence-corrected chi connectivity index (χ2v) is 9.18. The first-order valence-electron chi connectivity index (χ1n) is 12.3. The summed E-state index contributed by atoms with van der Waals surface area (Å²) in [7, 11) is 0. The lowest BCUT2D eigenvalue weighted by atomic mass is 10.2. The number of ether oxygens (including phenoxy) is 2. The standard InChI is InChI=1S/C28H36FN3O3/c1-23-6-2-3-10-28(23)35-22-27(33)21-31(13-12-30-14-16-34-17-15-30)20-26-9-5-11-32(26)19-24-7-4-8-25(29)18-24/h2-11,18,27,33H,12-17,19-22H2,1H3. The predicted octanol–water partition coefficient (Wildman–Crippen LogP) is 3.56. The molecule has 1 aromatic heterocycles. The van der Waals surface area contributed by atoms with Crippen molar-refractivity contribution in [2.24, 2.45) is 0 Å². The molecule has 1 fully saturated rings. The van der Waals surface area contributed by atoms with Crippen molar-refractivity contribution >= 4 is 0 Å². The Labute approximate surface area is 207 Å². The molecule has 0 bridgehead atoms. The Morgan fingerprint density at radius 1 is 1.09 bits per heavy atom. The van der Waals surface area contributed by atoms with E-state index < -0.39 is 6.10 Å². The molecule has 188 valence electrons. The number of aromatic nitrogens is 1. The highest BCUT2D eigenvalue weighted by Crippen LogP contribution is 2.17. The van der Waals surface area contributed by atoms with E-state index in [1.807, 2.05) is 49.5 Å². The molecule has 4 rings (SSSR count). The van der Waals surface area contributed by atoms with Crippen molar-refractivity contribution in [1.82, 2.24) is 14.4 Å². The van der Waals surface area contributed by atoms with Gasteiger partial charge in [-0.1, -0.05) is 30.3 Å². The molecule has 1 aliphatic rings. The van der Waals surface area contributed by atoms with E-state index in [9.17, 15) is 9.50 Å². The van der Waals surface area contributed by atoms with E-state index >= 15 is 0 Å². The zero-order valence-electron chi connectivity index (χ0n) is 20.5. The second kappa shape index (κ2) is 12.8. The van der Waals surface area contributed by atoms with E-state index in [4.69, 9.17) is 9.47 Å². The summed E-state index contributed by atoms with van der Waals surface area (Å²) in [5, 5.41) is 10.8. The van der Waals surface area contributed by atoms with Crippen LogP contribution >= 0.6 is 0 Å². The lowest BCUT2D eigenvalue weighted by Gasteiger charge is -2.31. The van der Waals surface area contributed by atoms with Gasteiger partial charge in [0.1, 0.15) is 24.3 Å². The number of hydrogen-bond acceptors (Lipinski definition) is 5. The fourth-order valence-corrected chi connectivity index (χ4v) is 4.41. The van der Waals surface area contributed by atoms with Crippen LogP contribution in [-0.2, 0) is 17.8 Å². The molecule has 1 saturated heterocycles. The number of aliphatic hydroxyl groups excluding tert-OH is 1. The van der Waals surface area contributed by atoms with Crippen molar-refractivity contribution in [2.75, 3.05) is 52.5 Å². The molecule has 0 radical (unpaired) electrons. The Morgan fingerprint density at radius 3 is 2.71 bits per heavy atom. The third kappa shape index (κ3) is 7.90. The van der Waals surface area contributed by atoms with E-state index in [1.54, 1.807) is 12.1 Å². The summed E-state index contributed by atoms with van der Waals surface area (Å²) in [6.45, 7) is 9.18. The number of rotatable bonds is 12. The molecule has 0 amide bonds.